The normalized spacial score (nSPS) is 9.31. The van der Waals surface area contributed by atoms with Crippen LogP contribution in [0.2, 0.25) is 0 Å². The van der Waals surface area contributed by atoms with Gasteiger partial charge in [0.2, 0.25) is 0 Å². The first kappa shape index (κ1) is 10.6. The van der Waals surface area contributed by atoms with Crippen LogP contribution >= 0.6 is 30.1 Å². The zero-order chi connectivity index (χ0) is 9.68. The lowest BCUT2D eigenvalue weighted by Crippen LogP contribution is -2.01. The summed E-state index contributed by atoms with van der Waals surface area (Å²) < 4.78 is 5.20. The van der Waals surface area contributed by atoms with E-state index >= 15 is 0 Å². The number of hydrogen-bond acceptors (Lipinski definition) is 3. The van der Waals surface area contributed by atoms with Gasteiger partial charge in [0.1, 0.15) is 5.75 Å². The molecule has 0 aliphatic rings. The number of halogens is 1. The Labute approximate surface area is 92.9 Å². The van der Waals surface area contributed by atoms with Gasteiger partial charge < -0.3 is 4.74 Å². The standard InChI is InChI=1S/C9H7IO2S/c1-7(9(11)13-10)12-8-5-3-2-4-6-8/h2-6H,1H2. The Morgan fingerprint density at radius 2 is 2.00 bits per heavy atom. The summed E-state index contributed by atoms with van der Waals surface area (Å²) in [5.41, 5.74) is 0. The second-order valence-corrected chi connectivity index (χ2v) is 4.05. The summed E-state index contributed by atoms with van der Waals surface area (Å²) >= 11 is 1.90. The molecule has 68 valence electrons. The minimum Gasteiger partial charge on any atom is -0.453 e. The van der Waals surface area contributed by atoms with Gasteiger partial charge in [0.25, 0.3) is 5.12 Å². The predicted molar refractivity (Wildman–Crippen MR) is 62.8 cm³/mol. The molecule has 0 spiro atoms. The van der Waals surface area contributed by atoms with Crippen molar-refractivity contribution < 1.29 is 9.53 Å². The average Bonchev–Trinajstić information content (AvgIpc) is 2.18. The highest BCUT2D eigenvalue weighted by molar-refractivity contribution is 14.2. The summed E-state index contributed by atoms with van der Waals surface area (Å²) in [6.45, 7) is 3.52. The molecule has 1 rings (SSSR count). The smallest absolute Gasteiger partial charge is 0.264 e. The average molecular weight is 306 g/mol. The third-order valence-corrected chi connectivity index (χ3v) is 2.85. The van der Waals surface area contributed by atoms with Crippen LogP contribution in [0.3, 0.4) is 0 Å². The molecule has 0 N–H and O–H groups in total. The van der Waals surface area contributed by atoms with E-state index in [2.05, 4.69) is 6.58 Å². The number of benzene rings is 1. The fourth-order valence-electron chi connectivity index (χ4n) is 0.715. The highest BCUT2D eigenvalue weighted by Gasteiger charge is 2.07. The Kier molecular flexibility index (Phi) is 4.31. The molecule has 2 nitrogen and oxygen atoms in total. The molecule has 0 saturated carbocycles. The van der Waals surface area contributed by atoms with Gasteiger partial charge in [-0.25, -0.2) is 0 Å². The molecule has 0 amide bonds. The lowest BCUT2D eigenvalue weighted by atomic mass is 10.3. The second kappa shape index (κ2) is 5.29. The van der Waals surface area contributed by atoms with Crippen LogP contribution in [0.5, 0.6) is 5.75 Å². The molecule has 0 aromatic heterocycles. The van der Waals surface area contributed by atoms with Gasteiger partial charge in [-0.15, -0.1) is 0 Å². The van der Waals surface area contributed by atoms with Crippen LogP contribution < -0.4 is 4.74 Å². The zero-order valence-corrected chi connectivity index (χ0v) is 9.67. The monoisotopic (exact) mass is 306 g/mol. The van der Waals surface area contributed by atoms with Crippen molar-refractivity contribution in [1.82, 2.24) is 0 Å². The quantitative estimate of drug-likeness (QED) is 0.487. The number of hydrogen-bond donors (Lipinski definition) is 0. The molecule has 0 aliphatic heterocycles. The summed E-state index contributed by atoms with van der Waals surface area (Å²) in [6.07, 6.45) is 0. The van der Waals surface area contributed by atoms with Crippen LogP contribution in [0.15, 0.2) is 42.7 Å². The Morgan fingerprint density at radius 3 is 2.54 bits per heavy atom. The van der Waals surface area contributed by atoms with E-state index in [1.165, 1.54) is 0 Å². The van der Waals surface area contributed by atoms with Crippen molar-refractivity contribution in [1.29, 1.82) is 0 Å². The summed E-state index contributed by atoms with van der Waals surface area (Å²) in [7, 11) is 1.06. The van der Waals surface area contributed by atoms with E-state index in [0.29, 0.717) is 5.75 Å². The number of rotatable bonds is 3. The minimum atomic E-state index is -0.163. The number of carbonyl (C=O) groups excluding carboxylic acids is 1. The molecule has 0 saturated heterocycles. The van der Waals surface area contributed by atoms with Crippen LogP contribution in [0.1, 0.15) is 0 Å². The van der Waals surface area contributed by atoms with Crippen molar-refractivity contribution in [3.8, 4) is 5.75 Å². The van der Waals surface area contributed by atoms with E-state index in [1.54, 1.807) is 12.1 Å². The van der Waals surface area contributed by atoms with Crippen molar-refractivity contribution >= 4 is 35.3 Å². The molecular formula is C9H7IO2S. The van der Waals surface area contributed by atoms with Gasteiger partial charge >= 0.3 is 0 Å². The fraction of sp³-hybridized carbons (Fsp3) is 0. The van der Waals surface area contributed by atoms with Gasteiger partial charge in [0, 0.05) is 21.2 Å². The van der Waals surface area contributed by atoms with E-state index in [4.69, 9.17) is 4.74 Å². The van der Waals surface area contributed by atoms with Gasteiger partial charge in [0.05, 0.1) is 0 Å². The Morgan fingerprint density at radius 1 is 1.38 bits per heavy atom. The molecule has 0 bridgehead atoms. The molecule has 13 heavy (non-hydrogen) atoms. The molecule has 0 fully saturated rings. The number of carbonyl (C=O) groups is 1. The summed E-state index contributed by atoms with van der Waals surface area (Å²) in [5, 5.41) is -0.163. The first-order valence-corrected chi connectivity index (χ1v) is 6.84. The van der Waals surface area contributed by atoms with Crippen molar-refractivity contribution in [2.75, 3.05) is 0 Å². The summed E-state index contributed by atoms with van der Waals surface area (Å²) in [4.78, 5) is 11.0. The molecule has 1 aromatic carbocycles. The van der Waals surface area contributed by atoms with Gasteiger partial charge in [-0.2, -0.15) is 0 Å². The Balaban J connectivity index is 2.60. The molecule has 1 aromatic rings. The van der Waals surface area contributed by atoms with E-state index in [0.717, 1.165) is 8.93 Å². The highest BCUT2D eigenvalue weighted by atomic mass is 127. The topological polar surface area (TPSA) is 26.3 Å². The van der Waals surface area contributed by atoms with E-state index in [1.807, 2.05) is 39.4 Å². The third kappa shape index (κ3) is 3.40. The van der Waals surface area contributed by atoms with Gasteiger partial charge in [-0.05, 0) is 21.1 Å². The van der Waals surface area contributed by atoms with Crippen LogP contribution in [-0.2, 0) is 4.79 Å². The van der Waals surface area contributed by atoms with Gasteiger partial charge in [0.15, 0.2) is 5.76 Å². The predicted octanol–water partition coefficient (Wildman–Crippen LogP) is 3.19. The highest BCUT2D eigenvalue weighted by Crippen LogP contribution is 2.20. The fourth-order valence-corrected chi connectivity index (χ4v) is 1.58. The number of ether oxygens (including phenoxy) is 1. The van der Waals surface area contributed by atoms with Gasteiger partial charge in [-0.3, -0.25) is 4.79 Å². The van der Waals surface area contributed by atoms with Crippen LogP contribution in [0, 0.1) is 0 Å². The first-order chi connectivity index (χ1) is 6.24. The van der Waals surface area contributed by atoms with Crippen LogP contribution in [0.4, 0.5) is 0 Å². The molecule has 0 atom stereocenters. The zero-order valence-electron chi connectivity index (χ0n) is 6.70. The van der Waals surface area contributed by atoms with Crippen LogP contribution in [-0.4, -0.2) is 5.12 Å². The van der Waals surface area contributed by atoms with Crippen molar-refractivity contribution in [2.24, 2.45) is 0 Å². The van der Waals surface area contributed by atoms with Crippen molar-refractivity contribution in [3.05, 3.63) is 42.7 Å². The second-order valence-electron chi connectivity index (χ2n) is 2.20. The maximum absolute atomic E-state index is 11.0. The van der Waals surface area contributed by atoms with E-state index in [-0.39, 0.29) is 10.9 Å². The Hall–Kier alpha value is -0.490. The molecule has 0 heterocycles. The lowest BCUT2D eigenvalue weighted by Gasteiger charge is -2.04. The summed E-state index contributed by atoms with van der Waals surface area (Å²) in [5.74, 6) is 0.789. The van der Waals surface area contributed by atoms with Crippen molar-refractivity contribution in [2.45, 2.75) is 0 Å². The maximum Gasteiger partial charge on any atom is 0.264 e. The lowest BCUT2D eigenvalue weighted by molar-refractivity contribution is -0.109. The molecule has 4 heteroatoms. The van der Waals surface area contributed by atoms with E-state index in [9.17, 15) is 4.79 Å². The van der Waals surface area contributed by atoms with Crippen LogP contribution in [0.25, 0.3) is 0 Å². The number of para-hydroxylation sites is 1. The molecule has 0 aliphatic carbocycles. The summed E-state index contributed by atoms with van der Waals surface area (Å²) in [6, 6.07) is 9.10. The molecule has 0 radical (unpaired) electrons. The maximum atomic E-state index is 11.0. The van der Waals surface area contributed by atoms with Crippen molar-refractivity contribution in [3.63, 3.8) is 0 Å². The minimum absolute atomic E-state index is 0.158. The third-order valence-electron chi connectivity index (χ3n) is 1.28. The van der Waals surface area contributed by atoms with Gasteiger partial charge in [-0.1, -0.05) is 24.8 Å². The largest absolute Gasteiger partial charge is 0.453 e. The molecule has 0 unspecified atom stereocenters. The van der Waals surface area contributed by atoms with E-state index < -0.39 is 0 Å². The Bertz CT molecular complexity index is 311. The SMILES string of the molecule is C=C(Oc1ccccc1)C(=O)SI. The molecular weight excluding hydrogens is 299 g/mol. The first-order valence-electron chi connectivity index (χ1n) is 3.49.